The molecular weight excluding hydrogens is 188 g/mol. The highest BCUT2D eigenvalue weighted by molar-refractivity contribution is 5.13. The smallest absolute Gasteiger partial charge is 0.102 e. The Labute approximate surface area is 90.5 Å². The predicted octanol–water partition coefficient (Wildman–Crippen LogP) is 2.55. The lowest BCUT2D eigenvalue weighted by Gasteiger charge is -2.00. The molecule has 0 unspecified atom stereocenters. The SMILES string of the molecule is C[C@@H]1O[C@@H]1/C=C/COCc1ccccc1. The molecule has 0 bridgehead atoms. The lowest BCUT2D eigenvalue weighted by Crippen LogP contribution is -1.93. The summed E-state index contributed by atoms with van der Waals surface area (Å²) in [5.41, 5.74) is 1.21. The topological polar surface area (TPSA) is 21.8 Å². The molecule has 2 nitrogen and oxygen atoms in total. The van der Waals surface area contributed by atoms with Gasteiger partial charge in [0.2, 0.25) is 0 Å². The van der Waals surface area contributed by atoms with Crippen LogP contribution in [-0.2, 0) is 16.1 Å². The van der Waals surface area contributed by atoms with Gasteiger partial charge in [-0.3, -0.25) is 0 Å². The summed E-state index contributed by atoms with van der Waals surface area (Å²) in [6.45, 7) is 3.40. The summed E-state index contributed by atoms with van der Waals surface area (Å²) in [6.07, 6.45) is 4.81. The molecule has 0 radical (unpaired) electrons. The van der Waals surface area contributed by atoms with E-state index in [1.807, 2.05) is 24.3 Å². The van der Waals surface area contributed by atoms with Crippen molar-refractivity contribution in [2.75, 3.05) is 6.61 Å². The van der Waals surface area contributed by atoms with E-state index in [2.05, 4.69) is 25.1 Å². The van der Waals surface area contributed by atoms with Crippen molar-refractivity contribution in [3.05, 3.63) is 48.0 Å². The van der Waals surface area contributed by atoms with Crippen molar-refractivity contribution in [3.63, 3.8) is 0 Å². The van der Waals surface area contributed by atoms with Gasteiger partial charge in [0.1, 0.15) is 6.10 Å². The van der Waals surface area contributed by atoms with E-state index >= 15 is 0 Å². The summed E-state index contributed by atoms with van der Waals surface area (Å²) in [6, 6.07) is 10.2. The summed E-state index contributed by atoms with van der Waals surface area (Å²) in [4.78, 5) is 0. The van der Waals surface area contributed by atoms with E-state index in [1.54, 1.807) is 0 Å². The first-order valence-electron chi connectivity index (χ1n) is 5.30. The molecule has 0 amide bonds. The Balaban J connectivity index is 1.61. The van der Waals surface area contributed by atoms with Crippen molar-refractivity contribution in [1.82, 2.24) is 0 Å². The first-order valence-corrected chi connectivity index (χ1v) is 5.30. The second kappa shape index (κ2) is 5.10. The van der Waals surface area contributed by atoms with Crippen LogP contribution in [0, 0.1) is 0 Å². The maximum Gasteiger partial charge on any atom is 0.102 e. The number of ether oxygens (including phenoxy) is 2. The Kier molecular flexibility index (Phi) is 3.54. The van der Waals surface area contributed by atoms with Gasteiger partial charge in [0.15, 0.2) is 0 Å². The van der Waals surface area contributed by atoms with Crippen LogP contribution in [0.1, 0.15) is 12.5 Å². The summed E-state index contributed by atoms with van der Waals surface area (Å²) in [7, 11) is 0. The lowest BCUT2D eigenvalue weighted by molar-refractivity contribution is 0.148. The van der Waals surface area contributed by atoms with E-state index in [4.69, 9.17) is 9.47 Å². The lowest BCUT2D eigenvalue weighted by atomic mass is 10.2. The minimum Gasteiger partial charge on any atom is -0.373 e. The molecule has 1 aromatic rings. The van der Waals surface area contributed by atoms with Crippen molar-refractivity contribution in [3.8, 4) is 0 Å². The van der Waals surface area contributed by atoms with Crippen LogP contribution in [0.2, 0.25) is 0 Å². The molecule has 0 aliphatic carbocycles. The Hall–Kier alpha value is -1.12. The second-order valence-electron chi connectivity index (χ2n) is 3.73. The molecule has 1 fully saturated rings. The molecule has 2 heteroatoms. The third-order valence-electron chi connectivity index (χ3n) is 2.41. The molecule has 80 valence electrons. The highest BCUT2D eigenvalue weighted by atomic mass is 16.6. The molecule has 0 aromatic heterocycles. The van der Waals surface area contributed by atoms with Crippen molar-refractivity contribution >= 4 is 0 Å². The van der Waals surface area contributed by atoms with Crippen LogP contribution in [0.25, 0.3) is 0 Å². The van der Waals surface area contributed by atoms with Gasteiger partial charge in [-0.2, -0.15) is 0 Å². The Morgan fingerprint density at radius 2 is 2.07 bits per heavy atom. The molecule has 0 spiro atoms. The summed E-state index contributed by atoms with van der Waals surface area (Å²) < 4.78 is 10.7. The number of hydrogen-bond acceptors (Lipinski definition) is 2. The monoisotopic (exact) mass is 204 g/mol. The molecule has 15 heavy (non-hydrogen) atoms. The average Bonchev–Trinajstić information content (AvgIpc) is 2.96. The highest BCUT2D eigenvalue weighted by Gasteiger charge is 2.30. The quantitative estimate of drug-likeness (QED) is 0.417. The Morgan fingerprint density at radius 3 is 2.73 bits per heavy atom. The number of hydrogen-bond donors (Lipinski definition) is 0. The standard InChI is InChI=1S/C13H16O2/c1-11-13(15-11)8-5-9-14-10-12-6-3-2-4-7-12/h2-8,11,13H,9-10H2,1H3/b8-5+/t11-,13+/m0/s1. The van der Waals surface area contributed by atoms with Gasteiger partial charge in [0.25, 0.3) is 0 Å². The van der Waals surface area contributed by atoms with Crippen LogP contribution >= 0.6 is 0 Å². The first kappa shape index (κ1) is 10.4. The minimum atomic E-state index is 0.324. The van der Waals surface area contributed by atoms with Crippen LogP contribution < -0.4 is 0 Å². The first-order chi connectivity index (χ1) is 7.36. The van der Waals surface area contributed by atoms with Gasteiger partial charge in [-0.1, -0.05) is 42.5 Å². The Bertz CT molecular complexity index is 319. The van der Waals surface area contributed by atoms with Crippen molar-refractivity contribution in [1.29, 1.82) is 0 Å². The normalized spacial score (nSPS) is 24.6. The fourth-order valence-corrected chi connectivity index (χ4v) is 1.41. The third-order valence-corrected chi connectivity index (χ3v) is 2.41. The zero-order chi connectivity index (χ0) is 10.5. The van der Waals surface area contributed by atoms with Crippen molar-refractivity contribution in [2.24, 2.45) is 0 Å². The average molecular weight is 204 g/mol. The predicted molar refractivity (Wildman–Crippen MR) is 59.6 cm³/mol. The molecule has 1 aliphatic heterocycles. The Morgan fingerprint density at radius 1 is 1.33 bits per heavy atom. The third kappa shape index (κ3) is 3.50. The summed E-state index contributed by atoms with van der Waals surface area (Å²) in [5.74, 6) is 0. The molecule has 1 aliphatic rings. The van der Waals surface area contributed by atoms with Gasteiger partial charge in [-0.25, -0.2) is 0 Å². The van der Waals surface area contributed by atoms with Gasteiger partial charge in [-0.05, 0) is 12.5 Å². The van der Waals surface area contributed by atoms with Gasteiger partial charge in [0, 0.05) is 0 Å². The molecule has 2 atom stereocenters. The fourth-order valence-electron chi connectivity index (χ4n) is 1.41. The zero-order valence-corrected chi connectivity index (χ0v) is 8.93. The largest absolute Gasteiger partial charge is 0.373 e. The molecule has 0 saturated carbocycles. The zero-order valence-electron chi connectivity index (χ0n) is 8.93. The van der Waals surface area contributed by atoms with E-state index in [1.165, 1.54) is 5.56 Å². The van der Waals surface area contributed by atoms with Gasteiger partial charge < -0.3 is 9.47 Å². The molecular formula is C13H16O2. The summed E-state index contributed by atoms with van der Waals surface area (Å²) in [5, 5.41) is 0. The van der Waals surface area contributed by atoms with Crippen LogP contribution in [0.15, 0.2) is 42.5 Å². The molecule has 1 saturated heterocycles. The fraction of sp³-hybridized carbons (Fsp3) is 0.385. The maximum atomic E-state index is 5.49. The van der Waals surface area contributed by atoms with E-state index in [9.17, 15) is 0 Å². The molecule has 1 heterocycles. The number of rotatable bonds is 5. The van der Waals surface area contributed by atoms with Gasteiger partial charge >= 0.3 is 0 Å². The van der Waals surface area contributed by atoms with Crippen LogP contribution in [0.3, 0.4) is 0 Å². The van der Waals surface area contributed by atoms with E-state index < -0.39 is 0 Å². The van der Waals surface area contributed by atoms with Gasteiger partial charge in [-0.15, -0.1) is 0 Å². The minimum absolute atomic E-state index is 0.324. The van der Waals surface area contributed by atoms with E-state index in [0.29, 0.717) is 25.4 Å². The van der Waals surface area contributed by atoms with Gasteiger partial charge in [0.05, 0.1) is 19.3 Å². The second-order valence-corrected chi connectivity index (χ2v) is 3.73. The molecule has 2 rings (SSSR count). The molecule has 0 N–H and O–H groups in total. The highest BCUT2D eigenvalue weighted by Crippen LogP contribution is 2.21. The van der Waals surface area contributed by atoms with Crippen molar-refractivity contribution in [2.45, 2.75) is 25.7 Å². The van der Waals surface area contributed by atoms with E-state index in [-0.39, 0.29) is 0 Å². The maximum absolute atomic E-state index is 5.49. The number of epoxide rings is 1. The van der Waals surface area contributed by atoms with Crippen LogP contribution in [0.4, 0.5) is 0 Å². The van der Waals surface area contributed by atoms with Crippen LogP contribution in [0.5, 0.6) is 0 Å². The van der Waals surface area contributed by atoms with Crippen LogP contribution in [-0.4, -0.2) is 18.8 Å². The number of benzene rings is 1. The van der Waals surface area contributed by atoms with Crippen molar-refractivity contribution < 1.29 is 9.47 Å². The van der Waals surface area contributed by atoms with E-state index in [0.717, 1.165) is 0 Å². The molecule has 1 aromatic carbocycles. The summed E-state index contributed by atoms with van der Waals surface area (Å²) >= 11 is 0.